The minimum atomic E-state index is -3.04. The molecule has 1 N–H and O–H groups in total. The van der Waals surface area contributed by atoms with Crippen molar-refractivity contribution >= 4 is 10.0 Å². The number of rotatable bonds is 6. The Bertz CT molecular complexity index is 381. The standard InChI is InChI=1S/C14H28N2O2S/c1-12(2)15-9-5-11-19(17,18)16-10-8-13-6-3-4-7-14(13)16/h12-15H,3-11H2,1-2H3. The van der Waals surface area contributed by atoms with Crippen LogP contribution in [0.4, 0.5) is 0 Å². The first-order chi connectivity index (χ1) is 9.00. The maximum Gasteiger partial charge on any atom is 0.214 e. The second kappa shape index (κ2) is 6.55. The van der Waals surface area contributed by atoms with Crippen LogP contribution in [0.2, 0.25) is 0 Å². The Morgan fingerprint density at radius 1 is 1.21 bits per heavy atom. The quantitative estimate of drug-likeness (QED) is 0.760. The van der Waals surface area contributed by atoms with Crippen molar-refractivity contribution in [1.82, 2.24) is 9.62 Å². The fourth-order valence-corrected chi connectivity index (χ4v) is 5.29. The highest BCUT2D eigenvalue weighted by atomic mass is 32.2. The van der Waals surface area contributed by atoms with Crippen molar-refractivity contribution in [3.05, 3.63) is 0 Å². The summed E-state index contributed by atoms with van der Waals surface area (Å²) >= 11 is 0. The largest absolute Gasteiger partial charge is 0.314 e. The molecule has 0 spiro atoms. The van der Waals surface area contributed by atoms with E-state index in [1.807, 2.05) is 4.31 Å². The van der Waals surface area contributed by atoms with Gasteiger partial charge in [0.25, 0.3) is 0 Å². The Labute approximate surface area is 118 Å². The van der Waals surface area contributed by atoms with E-state index in [4.69, 9.17) is 0 Å². The molecule has 0 aromatic rings. The molecule has 0 bridgehead atoms. The van der Waals surface area contributed by atoms with Crippen molar-refractivity contribution in [2.45, 2.75) is 64.5 Å². The van der Waals surface area contributed by atoms with E-state index < -0.39 is 10.0 Å². The monoisotopic (exact) mass is 288 g/mol. The number of nitrogens with one attached hydrogen (secondary N) is 1. The van der Waals surface area contributed by atoms with Crippen molar-refractivity contribution in [2.75, 3.05) is 18.8 Å². The summed E-state index contributed by atoms with van der Waals surface area (Å²) in [7, 11) is -3.04. The van der Waals surface area contributed by atoms with E-state index in [2.05, 4.69) is 19.2 Å². The normalized spacial score (nSPS) is 28.8. The van der Waals surface area contributed by atoms with Gasteiger partial charge in [0.1, 0.15) is 0 Å². The lowest BCUT2D eigenvalue weighted by Gasteiger charge is -2.31. The molecule has 1 saturated carbocycles. The van der Waals surface area contributed by atoms with Gasteiger partial charge in [-0.05, 0) is 38.1 Å². The van der Waals surface area contributed by atoms with E-state index in [0.29, 0.717) is 30.2 Å². The van der Waals surface area contributed by atoms with Crippen LogP contribution in [0.25, 0.3) is 0 Å². The molecule has 1 aliphatic carbocycles. The summed E-state index contributed by atoms with van der Waals surface area (Å²) in [4.78, 5) is 0. The molecule has 0 aromatic carbocycles. The lowest BCUT2D eigenvalue weighted by atomic mass is 9.86. The van der Waals surface area contributed by atoms with E-state index in [9.17, 15) is 8.42 Å². The van der Waals surface area contributed by atoms with Crippen LogP contribution >= 0.6 is 0 Å². The van der Waals surface area contributed by atoms with Crippen molar-refractivity contribution in [3.63, 3.8) is 0 Å². The average Bonchev–Trinajstić information content (AvgIpc) is 2.79. The van der Waals surface area contributed by atoms with Crippen LogP contribution in [-0.2, 0) is 10.0 Å². The molecule has 0 aromatic heterocycles. The van der Waals surface area contributed by atoms with Gasteiger partial charge in [0.05, 0.1) is 5.75 Å². The van der Waals surface area contributed by atoms with Crippen LogP contribution in [-0.4, -0.2) is 43.6 Å². The van der Waals surface area contributed by atoms with Gasteiger partial charge in [-0.25, -0.2) is 8.42 Å². The van der Waals surface area contributed by atoms with E-state index in [-0.39, 0.29) is 0 Å². The lowest BCUT2D eigenvalue weighted by molar-refractivity contribution is 0.260. The van der Waals surface area contributed by atoms with Gasteiger partial charge in [-0.15, -0.1) is 0 Å². The summed E-state index contributed by atoms with van der Waals surface area (Å²) in [6.45, 7) is 5.72. The SMILES string of the molecule is CC(C)NCCCS(=O)(=O)N1CCC2CCCCC21. The van der Waals surface area contributed by atoms with Gasteiger partial charge in [0.2, 0.25) is 10.0 Å². The Morgan fingerprint density at radius 2 is 1.95 bits per heavy atom. The first-order valence-electron chi connectivity index (χ1n) is 7.73. The molecule has 2 atom stereocenters. The lowest BCUT2D eigenvalue weighted by Crippen LogP contribution is -2.41. The van der Waals surface area contributed by atoms with E-state index >= 15 is 0 Å². The number of hydrogen-bond acceptors (Lipinski definition) is 3. The van der Waals surface area contributed by atoms with E-state index in [1.54, 1.807) is 0 Å². The van der Waals surface area contributed by atoms with Gasteiger partial charge < -0.3 is 5.32 Å². The van der Waals surface area contributed by atoms with E-state index in [1.165, 1.54) is 19.3 Å². The van der Waals surface area contributed by atoms with E-state index in [0.717, 1.165) is 25.9 Å². The third-order valence-corrected chi connectivity index (χ3v) is 6.42. The van der Waals surface area contributed by atoms with Crippen LogP contribution < -0.4 is 5.32 Å². The van der Waals surface area contributed by atoms with Gasteiger partial charge in [-0.3, -0.25) is 0 Å². The Balaban J connectivity index is 1.85. The predicted molar refractivity (Wildman–Crippen MR) is 78.6 cm³/mol. The molecule has 112 valence electrons. The molecule has 19 heavy (non-hydrogen) atoms. The van der Waals surface area contributed by atoms with Crippen molar-refractivity contribution in [1.29, 1.82) is 0 Å². The van der Waals surface area contributed by atoms with Crippen LogP contribution in [0.3, 0.4) is 0 Å². The maximum absolute atomic E-state index is 12.4. The maximum atomic E-state index is 12.4. The second-order valence-electron chi connectivity index (χ2n) is 6.29. The number of fused-ring (bicyclic) bond motifs is 1. The minimum absolute atomic E-state index is 0.302. The van der Waals surface area contributed by atoms with Gasteiger partial charge in [0.15, 0.2) is 0 Å². The summed E-state index contributed by atoms with van der Waals surface area (Å²) in [6, 6.07) is 0.744. The zero-order valence-electron chi connectivity index (χ0n) is 12.3. The molecule has 2 rings (SSSR count). The fraction of sp³-hybridized carbons (Fsp3) is 1.00. The third-order valence-electron chi connectivity index (χ3n) is 4.45. The van der Waals surface area contributed by atoms with Crippen LogP contribution in [0.5, 0.6) is 0 Å². The van der Waals surface area contributed by atoms with Crippen molar-refractivity contribution in [2.24, 2.45) is 5.92 Å². The number of sulfonamides is 1. The highest BCUT2D eigenvalue weighted by Gasteiger charge is 2.41. The fourth-order valence-electron chi connectivity index (χ4n) is 3.47. The molecule has 1 heterocycles. The number of hydrogen-bond donors (Lipinski definition) is 1. The van der Waals surface area contributed by atoms with Crippen LogP contribution in [0.1, 0.15) is 52.4 Å². The molecule has 2 fully saturated rings. The summed E-state index contributed by atoms with van der Waals surface area (Å²) in [6.07, 6.45) is 6.58. The first-order valence-corrected chi connectivity index (χ1v) is 9.34. The average molecular weight is 288 g/mol. The summed E-state index contributed by atoms with van der Waals surface area (Å²) in [5, 5.41) is 3.28. The molecule has 2 unspecified atom stereocenters. The van der Waals surface area contributed by atoms with Crippen molar-refractivity contribution in [3.8, 4) is 0 Å². The summed E-state index contributed by atoms with van der Waals surface area (Å²) in [5.74, 6) is 0.938. The second-order valence-corrected chi connectivity index (χ2v) is 8.33. The molecule has 2 aliphatic rings. The smallest absolute Gasteiger partial charge is 0.214 e. The topological polar surface area (TPSA) is 49.4 Å². The molecule has 5 heteroatoms. The Kier molecular flexibility index (Phi) is 5.26. The van der Waals surface area contributed by atoms with Gasteiger partial charge in [0, 0.05) is 18.6 Å². The van der Waals surface area contributed by atoms with Gasteiger partial charge >= 0.3 is 0 Å². The highest BCUT2D eigenvalue weighted by Crippen LogP contribution is 2.37. The highest BCUT2D eigenvalue weighted by molar-refractivity contribution is 7.89. The molecular weight excluding hydrogens is 260 g/mol. The zero-order valence-corrected chi connectivity index (χ0v) is 13.1. The van der Waals surface area contributed by atoms with Gasteiger partial charge in [-0.1, -0.05) is 26.7 Å². The number of nitrogens with zero attached hydrogens (tertiary/aromatic N) is 1. The minimum Gasteiger partial charge on any atom is -0.314 e. The van der Waals surface area contributed by atoms with Crippen LogP contribution in [0, 0.1) is 5.92 Å². The van der Waals surface area contributed by atoms with Crippen LogP contribution in [0.15, 0.2) is 0 Å². The zero-order chi connectivity index (χ0) is 13.9. The third kappa shape index (κ3) is 3.92. The molecular formula is C14H28N2O2S. The Morgan fingerprint density at radius 3 is 2.68 bits per heavy atom. The Hall–Kier alpha value is -0.130. The predicted octanol–water partition coefficient (Wildman–Crippen LogP) is 1.97. The summed E-state index contributed by atoms with van der Waals surface area (Å²) < 4.78 is 26.7. The van der Waals surface area contributed by atoms with Gasteiger partial charge in [-0.2, -0.15) is 4.31 Å². The van der Waals surface area contributed by atoms with Crippen molar-refractivity contribution < 1.29 is 8.42 Å². The summed E-state index contributed by atoms with van der Waals surface area (Å²) in [5.41, 5.74) is 0. The molecule has 0 radical (unpaired) electrons. The molecule has 0 amide bonds. The molecule has 1 saturated heterocycles. The first kappa shape index (κ1) is 15.3. The molecule has 4 nitrogen and oxygen atoms in total. The molecule has 1 aliphatic heterocycles.